The molecule has 3 rings (SSSR count). The lowest BCUT2D eigenvalue weighted by atomic mass is 10.1. The summed E-state index contributed by atoms with van der Waals surface area (Å²) in [6, 6.07) is 16.6. The molecule has 0 fully saturated rings. The van der Waals surface area contributed by atoms with E-state index < -0.39 is 0 Å². The third-order valence-electron chi connectivity index (χ3n) is 4.27. The first-order valence-corrected chi connectivity index (χ1v) is 10.0. The van der Waals surface area contributed by atoms with Gasteiger partial charge in [-0.15, -0.1) is 10.2 Å². The lowest BCUT2D eigenvalue weighted by molar-refractivity contribution is -0.118. The van der Waals surface area contributed by atoms with E-state index in [1.165, 1.54) is 22.9 Å². The number of rotatable bonds is 8. The van der Waals surface area contributed by atoms with Crippen LogP contribution in [0.15, 0.2) is 60.0 Å². The number of carbonyl (C=O) groups is 1. The molecule has 0 aliphatic carbocycles. The molecule has 1 amide bonds. The molecule has 1 heterocycles. The van der Waals surface area contributed by atoms with Crippen molar-refractivity contribution in [3.63, 3.8) is 0 Å². The van der Waals surface area contributed by atoms with Crippen LogP contribution in [0.25, 0.3) is 5.69 Å². The van der Waals surface area contributed by atoms with Crippen LogP contribution in [0.2, 0.25) is 0 Å². The molecule has 0 radical (unpaired) electrons. The molecule has 0 atom stereocenters. The van der Waals surface area contributed by atoms with Crippen molar-refractivity contribution in [2.75, 3.05) is 12.3 Å². The molecule has 27 heavy (non-hydrogen) atoms. The molecule has 3 aromatic rings. The van der Waals surface area contributed by atoms with E-state index in [9.17, 15) is 4.79 Å². The number of benzene rings is 2. The van der Waals surface area contributed by atoms with Crippen molar-refractivity contribution in [1.82, 2.24) is 20.1 Å². The molecule has 0 aliphatic heterocycles. The molecule has 2 aromatic carbocycles. The van der Waals surface area contributed by atoms with Gasteiger partial charge in [-0.25, -0.2) is 0 Å². The summed E-state index contributed by atoms with van der Waals surface area (Å²) in [7, 11) is 0. The highest BCUT2D eigenvalue weighted by molar-refractivity contribution is 7.99. The fourth-order valence-electron chi connectivity index (χ4n) is 2.91. The van der Waals surface area contributed by atoms with Gasteiger partial charge >= 0.3 is 0 Å². The number of nitrogens with zero attached hydrogens (tertiary/aromatic N) is 3. The summed E-state index contributed by atoms with van der Waals surface area (Å²) in [5.41, 5.74) is 4.70. The minimum atomic E-state index is 0.0169. The lowest BCUT2D eigenvalue weighted by Gasteiger charge is -2.10. The van der Waals surface area contributed by atoms with E-state index in [-0.39, 0.29) is 5.91 Å². The van der Waals surface area contributed by atoms with E-state index in [0.717, 1.165) is 29.2 Å². The minimum absolute atomic E-state index is 0.0169. The van der Waals surface area contributed by atoms with Crippen molar-refractivity contribution < 1.29 is 4.79 Å². The number of aromatic nitrogens is 3. The fourth-order valence-corrected chi connectivity index (χ4v) is 3.66. The Morgan fingerprint density at radius 2 is 1.96 bits per heavy atom. The molecule has 0 unspecified atom stereocenters. The smallest absolute Gasteiger partial charge is 0.230 e. The van der Waals surface area contributed by atoms with Gasteiger partial charge in [-0.3, -0.25) is 9.36 Å². The highest BCUT2D eigenvalue weighted by Gasteiger charge is 2.11. The van der Waals surface area contributed by atoms with Crippen LogP contribution in [0.5, 0.6) is 0 Å². The number of amides is 1. The van der Waals surface area contributed by atoms with Crippen molar-refractivity contribution in [3.05, 3.63) is 71.5 Å². The molecule has 0 spiro atoms. The number of carbonyl (C=O) groups excluding carboxylic acids is 1. The molecular weight excluding hydrogens is 356 g/mol. The van der Waals surface area contributed by atoms with Gasteiger partial charge in [0.1, 0.15) is 6.33 Å². The SMILES string of the molecule is Cc1ccc(-n2cnnc2SCC(=O)NCCCc2ccccc2)c(C)c1. The van der Waals surface area contributed by atoms with Gasteiger partial charge in [-0.05, 0) is 43.9 Å². The quantitative estimate of drug-likeness (QED) is 0.478. The number of thioether (sulfide) groups is 1. The predicted molar refractivity (Wildman–Crippen MR) is 109 cm³/mol. The lowest BCUT2D eigenvalue weighted by Crippen LogP contribution is -2.26. The Labute approximate surface area is 164 Å². The zero-order chi connectivity index (χ0) is 19.1. The van der Waals surface area contributed by atoms with E-state index in [1.807, 2.05) is 22.8 Å². The maximum atomic E-state index is 12.1. The molecule has 1 aromatic heterocycles. The van der Waals surface area contributed by atoms with Gasteiger partial charge in [0.2, 0.25) is 5.91 Å². The Kier molecular flexibility index (Phi) is 6.65. The van der Waals surface area contributed by atoms with Gasteiger partial charge in [0, 0.05) is 6.54 Å². The first-order valence-electron chi connectivity index (χ1n) is 9.04. The number of hydrogen-bond acceptors (Lipinski definition) is 4. The largest absolute Gasteiger partial charge is 0.355 e. The van der Waals surface area contributed by atoms with Crippen LogP contribution in [0.3, 0.4) is 0 Å². The average Bonchev–Trinajstić information content (AvgIpc) is 3.13. The summed E-state index contributed by atoms with van der Waals surface area (Å²) in [4.78, 5) is 12.1. The van der Waals surface area contributed by atoms with Gasteiger partial charge in [0.05, 0.1) is 11.4 Å². The van der Waals surface area contributed by atoms with Gasteiger partial charge in [-0.2, -0.15) is 0 Å². The van der Waals surface area contributed by atoms with Crippen LogP contribution >= 0.6 is 11.8 Å². The fraction of sp³-hybridized carbons (Fsp3) is 0.286. The maximum absolute atomic E-state index is 12.1. The average molecular weight is 381 g/mol. The Hall–Kier alpha value is -2.60. The summed E-state index contributed by atoms with van der Waals surface area (Å²) in [6.07, 6.45) is 3.59. The first-order chi connectivity index (χ1) is 13.1. The van der Waals surface area contributed by atoms with Gasteiger partial charge in [0.15, 0.2) is 5.16 Å². The number of hydrogen-bond donors (Lipinski definition) is 1. The highest BCUT2D eigenvalue weighted by atomic mass is 32.2. The topological polar surface area (TPSA) is 59.8 Å². The Morgan fingerprint density at radius 1 is 1.15 bits per heavy atom. The Balaban J connectivity index is 1.47. The Bertz CT molecular complexity index is 892. The van der Waals surface area contributed by atoms with Crippen molar-refractivity contribution in [2.45, 2.75) is 31.8 Å². The normalized spacial score (nSPS) is 10.7. The van der Waals surface area contributed by atoms with E-state index in [0.29, 0.717) is 12.3 Å². The maximum Gasteiger partial charge on any atom is 0.230 e. The molecule has 0 aliphatic rings. The molecule has 0 bridgehead atoms. The monoisotopic (exact) mass is 380 g/mol. The van der Waals surface area contributed by atoms with Crippen LogP contribution < -0.4 is 5.32 Å². The van der Waals surface area contributed by atoms with E-state index >= 15 is 0 Å². The summed E-state index contributed by atoms with van der Waals surface area (Å²) < 4.78 is 1.93. The standard InChI is InChI=1S/C21H24N4OS/c1-16-10-11-19(17(2)13-16)25-15-23-24-21(25)27-14-20(26)22-12-6-9-18-7-4-3-5-8-18/h3-5,7-8,10-11,13,15H,6,9,12,14H2,1-2H3,(H,22,26). The molecule has 6 heteroatoms. The van der Waals surface area contributed by atoms with Gasteiger partial charge < -0.3 is 5.32 Å². The number of aryl methyl sites for hydroxylation is 3. The highest BCUT2D eigenvalue weighted by Crippen LogP contribution is 2.22. The van der Waals surface area contributed by atoms with Gasteiger partial charge in [-0.1, -0.05) is 59.8 Å². The third kappa shape index (κ3) is 5.44. The van der Waals surface area contributed by atoms with Crippen LogP contribution in [0.1, 0.15) is 23.1 Å². The van der Waals surface area contributed by atoms with Crippen LogP contribution in [-0.4, -0.2) is 33.0 Å². The molecule has 5 nitrogen and oxygen atoms in total. The summed E-state index contributed by atoms with van der Waals surface area (Å²) in [5, 5.41) is 11.9. The van der Waals surface area contributed by atoms with Crippen molar-refractivity contribution in [3.8, 4) is 5.69 Å². The van der Waals surface area contributed by atoms with Crippen LogP contribution in [0.4, 0.5) is 0 Å². The van der Waals surface area contributed by atoms with Crippen molar-refractivity contribution >= 4 is 17.7 Å². The molecule has 140 valence electrons. The zero-order valence-electron chi connectivity index (χ0n) is 15.7. The molecular formula is C21H24N4OS. The molecule has 0 saturated carbocycles. The van der Waals surface area contributed by atoms with Crippen molar-refractivity contribution in [2.24, 2.45) is 0 Å². The summed E-state index contributed by atoms with van der Waals surface area (Å²) in [5.74, 6) is 0.345. The van der Waals surface area contributed by atoms with E-state index in [4.69, 9.17) is 0 Å². The predicted octanol–water partition coefficient (Wildman–Crippen LogP) is 3.73. The minimum Gasteiger partial charge on any atom is -0.355 e. The van der Waals surface area contributed by atoms with Gasteiger partial charge in [0.25, 0.3) is 0 Å². The summed E-state index contributed by atoms with van der Waals surface area (Å²) in [6.45, 7) is 4.81. The summed E-state index contributed by atoms with van der Waals surface area (Å²) >= 11 is 1.40. The van der Waals surface area contributed by atoms with Crippen molar-refractivity contribution in [1.29, 1.82) is 0 Å². The zero-order valence-corrected chi connectivity index (χ0v) is 16.5. The van der Waals surface area contributed by atoms with Crippen LogP contribution in [0, 0.1) is 13.8 Å². The first kappa shape index (κ1) is 19.2. The van der Waals surface area contributed by atoms with E-state index in [1.54, 1.807) is 6.33 Å². The van der Waals surface area contributed by atoms with E-state index in [2.05, 4.69) is 59.7 Å². The molecule has 0 saturated heterocycles. The number of nitrogens with one attached hydrogen (secondary N) is 1. The second-order valence-corrected chi connectivity index (χ2v) is 7.44. The second kappa shape index (κ2) is 9.37. The Morgan fingerprint density at radius 3 is 2.74 bits per heavy atom. The third-order valence-corrected chi connectivity index (χ3v) is 5.21. The van der Waals surface area contributed by atoms with Crippen LogP contribution in [-0.2, 0) is 11.2 Å². The molecule has 1 N–H and O–H groups in total. The second-order valence-electron chi connectivity index (χ2n) is 6.50.